The van der Waals surface area contributed by atoms with E-state index >= 15 is 0 Å². The minimum atomic E-state index is -0.888. The maximum atomic E-state index is 12.4. The fraction of sp³-hybridized carbons (Fsp3) is 0.786. The predicted octanol–water partition coefficient (Wildman–Crippen LogP) is 0.470. The lowest BCUT2D eigenvalue weighted by Crippen LogP contribution is -2.47. The Morgan fingerprint density at radius 2 is 1.70 bits per heavy atom. The molecule has 2 aliphatic rings. The number of carboxylic acids is 1. The highest BCUT2D eigenvalue weighted by atomic mass is 16.4. The summed E-state index contributed by atoms with van der Waals surface area (Å²) in [4.78, 5) is 36.3. The average Bonchev–Trinajstić information content (AvgIpc) is 2.92. The zero-order chi connectivity index (χ0) is 15.1. The second-order valence-electron chi connectivity index (χ2n) is 6.42. The Morgan fingerprint density at radius 3 is 2.10 bits per heavy atom. The van der Waals surface area contributed by atoms with Crippen LogP contribution in [0.1, 0.15) is 33.6 Å². The van der Waals surface area contributed by atoms with Crippen molar-refractivity contribution >= 4 is 17.8 Å². The Balaban J connectivity index is 1.90. The van der Waals surface area contributed by atoms with Gasteiger partial charge in [-0.1, -0.05) is 13.8 Å². The van der Waals surface area contributed by atoms with Crippen LogP contribution in [0.2, 0.25) is 0 Å². The first-order chi connectivity index (χ1) is 9.25. The van der Waals surface area contributed by atoms with Crippen molar-refractivity contribution in [2.75, 3.05) is 13.1 Å². The topological polar surface area (TPSA) is 86.7 Å². The third kappa shape index (κ3) is 2.64. The van der Waals surface area contributed by atoms with Gasteiger partial charge in [-0.05, 0) is 18.3 Å². The molecule has 0 unspecified atom stereocenters. The summed E-state index contributed by atoms with van der Waals surface area (Å²) < 4.78 is 0. The molecule has 2 fully saturated rings. The molecule has 0 aromatic carbocycles. The summed E-state index contributed by atoms with van der Waals surface area (Å²) in [7, 11) is 0. The maximum absolute atomic E-state index is 12.4. The number of carboxylic acid groups (broad SMARTS) is 1. The van der Waals surface area contributed by atoms with Crippen molar-refractivity contribution in [2.45, 2.75) is 39.7 Å². The van der Waals surface area contributed by atoms with E-state index in [1.807, 2.05) is 13.8 Å². The molecule has 1 aliphatic carbocycles. The minimum absolute atomic E-state index is 0.0518. The Bertz CT molecular complexity index is 438. The summed E-state index contributed by atoms with van der Waals surface area (Å²) >= 11 is 0. The SMILES string of the molecule is CC(=O)NC1CCN(C(=O)[C@H]2[C@@H](C(=O)O)C2(C)C)CC1. The third-order valence-electron chi connectivity index (χ3n) is 4.57. The normalized spacial score (nSPS) is 28.9. The van der Waals surface area contributed by atoms with Gasteiger partial charge in [0.25, 0.3) is 0 Å². The van der Waals surface area contributed by atoms with Gasteiger partial charge in [0.05, 0.1) is 11.8 Å². The van der Waals surface area contributed by atoms with E-state index in [0.29, 0.717) is 13.1 Å². The van der Waals surface area contributed by atoms with E-state index in [1.165, 1.54) is 6.92 Å². The summed E-state index contributed by atoms with van der Waals surface area (Å²) in [6.07, 6.45) is 1.46. The van der Waals surface area contributed by atoms with Gasteiger partial charge in [-0.2, -0.15) is 0 Å². The first kappa shape index (κ1) is 14.8. The van der Waals surface area contributed by atoms with Gasteiger partial charge >= 0.3 is 5.97 Å². The summed E-state index contributed by atoms with van der Waals surface area (Å²) in [5.74, 6) is -1.96. The van der Waals surface area contributed by atoms with Gasteiger partial charge in [0.2, 0.25) is 11.8 Å². The van der Waals surface area contributed by atoms with Crippen LogP contribution in [0, 0.1) is 17.3 Å². The highest BCUT2D eigenvalue weighted by Gasteiger charge is 2.66. The van der Waals surface area contributed by atoms with Gasteiger partial charge in [-0.25, -0.2) is 0 Å². The summed E-state index contributed by atoms with van der Waals surface area (Å²) in [5, 5.41) is 12.0. The molecule has 2 rings (SSSR count). The number of carbonyl (C=O) groups is 3. The molecule has 112 valence electrons. The molecule has 0 bridgehead atoms. The predicted molar refractivity (Wildman–Crippen MR) is 71.8 cm³/mol. The van der Waals surface area contributed by atoms with Crippen molar-refractivity contribution in [2.24, 2.45) is 17.3 Å². The Kier molecular flexibility index (Phi) is 3.75. The van der Waals surface area contributed by atoms with E-state index in [-0.39, 0.29) is 17.9 Å². The second kappa shape index (κ2) is 5.07. The van der Waals surface area contributed by atoms with Gasteiger partial charge in [0.15, 0.2) is 0 Å². The van der Waals surface area contributed by atoms with Crippen LogP contribution in [0.5, 0.6) is 0 Å². The van der Waals surface area contributed by atoms with Crippen molar-refractivity contribution in [3.63, 3.8) is 0 Å². The van der Waals surface area contributed by atoms with Gasteiger partial charge in [-0.15, -0.1) is 0 Å². The molecule has 0 aromatic heterocycles. The third-order valence-corrected chi connectivity index (χ3v) is 4.57. The molecule has 6 nitrogen and oxygen atoms in total. The molecule has 2 N–H and O–H groups in total. The first-order valence-electron chi connectivity index (χ1n) is 7.04. The monoisotopic (exact) mass is 282 g/mol. The number of carbonyl (C=O) groups excluding carboxylic acids is 2. The van der Waals surface area contributed by atoms with Crippen LogP contribution < -0.4 is 5.32 Å². The number of rotatable bonds is 3. The molecule has 1 saturated carbocycles. The van der Waals surface area contributed by atoms with Crippen LogP contribution in [0.3, 0.4) is 0 Å². The zero-order valence-corrected chi connectivity index (χ0v) is 12.2. The van der Waals surface area contributed by atoms with Crippen molar-refractivity contribution in [1.82, 2.24) is 10.2 Å². The second-order valence-corrected chi connectivity index (χ2v) is 6.42. The molecule has 6 heteroatoms. The maximum Gasteiger partial charge on any atom is 0.307 e. The van der Waals surface area contributed by atoms with Gasteiger partial charge in [-0.3, -0.25) is 14.4 Å². The van der Waals surface area contributed by atoms with Gasteiger partial charge < -0.3 is 15.3 Å². The number of nitrogens with one attached hydrogen (secondary N) is 1. The molecular formula is C14H22N2O4. The molecule has 2 atom stereocenters. The highest BCUT2D eigenvalue weighted by Crippen LogP contribution is 2.59. The highest BCUT2D eigenvalue weighted by molar-refractivity contribution is 5.91. The first-order valence-corrected chi connectivity index (χ1v) is 7.04. The van der Waals surface area contributed by atoms with E-state index in [0.717, 1.165) is 12.8 Å². The van der Waals surface area contributed by atoms with E-state index in [2.05, 4.69) is 5.32 Å². The number of hydrogen-bond acceptors (Lipinski definition) is 3. The van der Waals surface area contributed by atoms with Crippen molar-refractivity contribution in [3.05, 3.63) is 0 Å². The van der Waals surface area contributed by atoms with Crippen LogP contribution in [0.4, 0.5) is 0 Å². The number of aliphatic carboxylic acids is 1. The number of nitrogens with zero attached hydrogens (tertiary/aromatic N) is 1. The Hall–Kier alpha value is -1.59. The van der Waals surface area contributed by atoms with E-state index in [9.17, 15) is 14.4 Å². The molecule has 20 heavy (non-hydrogen) atoms. The molecule has 0 radical (unpaired) electrons. The molecule has 2 amide bonds. The largest absolute Gasteiger partial charge is 0.481 e. The standard InChI is InChI=1S/C14H22N2O4/c1-8(17)15-9-4-6-16(7-5-9)12(18)10-11(13(19)20)14(10,2)3/h9-11H,4-7H2,1-3H3,(H,15,17)(H,19,20)/t10-,11+/m1/s1. The van der Waals surface area contributed by atoms with Crippen LogP contribution >= 0.6 is 0 Å². The lowest BCUT2D eigenvalue weighted by molar-refractivity contribution is -0.142. The van der Waals surface area contributed by atoms with Gasteiger partial charge in [0, 0.05) is 26.1 Å². The van der Waals surface area contributed by atoms with Crippen molar-refractivity contribution in [1.29, 1.82) is 0 Å². The van der Waals surface area contributed by atoms with Crippen LogP contribution in [0.25, 0.3) is 0 Å². The molecule has 1 heterocycles. The van der Waals surface area contributed by atoms with Crippen molar-refractivity contribution < 1.29 is 19.5 Å². The average molecular weight is 282 g/mol. The smallest absolute Gasteiger partial charge is 0.307 e. The molecule has 1 aliphatic heterocycles. The van der Waals surface area contributed by atoms with E-state index < -0.39 is 23.2 Å². The molecule has 0 spiro atoms. The van der Waals surface area contributed by atoms with E-state index in [1.54, 1.807) is 4.90 Å². The number of hydrogen-bond donors (Lipinski definition) is 2. The zero-order valence-electron chi connectivity index (χ0n) is 12.2. The number of likely N-dealkylation sites (tertiary alicyclic amines) is 1. The summed E-state index contributed by atoms with van der Waals surface area (Å²) in [5.41, 5.74) is -0.447. The fourth-order valence-corrected chi connectivity index (χ4v) is 3.29. The number of amides is 2. The Morgan fingerprint density at radius 1 is 1.15 bits per heavy atom. The molecular weight excluding hydrogens is 260 g/mol. The molecule has 0 aromatic rings. The van der Waals surface area contributed by atoms with Gasteiger partial charge in [0.1, 0.15) is 0 Å². The lowest BCUT2D eigenvalue weighted by atomic mass is 10.0. The number of piperidine rings is 1. The quantitative estimate of drug-likeness (QED) is 0.788. The van der Waals surface area contributed by atoms with Crippen LogP contribution in [0.15, 0.2) is 0 Å². The Labute approximate surface area is 118 Å². The van der Waals surface area contributed by atoms with Crippen LogP contribution in [-0.4, -0.2) is 46.9 Å². The van der Waals surface area contributed by atoms with E-state index in [4.69, 9.17) is 5.11 Å². The summed E-state index contributed by atoms with van der Waals surface area (Å²) in [6, 6.07) is 0.124. The van der Waals surface area contributed by atoms with Crippen LogP contribution in [-0.2, 0) is 14.4 Å². The minimum Gasteiger partial charge on any atom is -0.481 e. The lowest BCUT2D eigenvalue weighted by Gasteiger charge is -2.32. The molecule has 1 saturated heterocycles. The van der Waals surface area contributed by atoms with Crippen molar-refractivity contribution in [3.8, 4) is 0 Å². The summed E-state index contributed by atoms with van der Waals surface area (Å²) in [6.45, 7) is 6.32. The fourth-order valence-electron chi connectivity index (χ4n) is 3.29.